The van der Waals surface area contributed by atoms with E-state index in [1.165, 1.54) is 12.8 Å². The van der Waals surface area contributed by atoms with Gasteiger partial charge in [0.05, 0.1) is 10.6 Å². The first-order valence-electron chi connectivity index (χ1n) is 6.74. The average Bonchev–Trinajstić information content (AvgIpc) is 2.68. The van der Waals surface area contributed by atoms with Gasteiger partial charge in [0.15, 0.2) is 0 Å². The molecule has 2 heterocycles. The highest BCUT2D eigenvalue weighted by Gasteiger charge is 2.33. The second kappa shape index (κ2) is 5.02. The molecule has 102 valence electrons. The molecule has 3 rings (SSSR count). The van der Waals surface area contributed by atoms with Crippen molar-refractivity contribution >= 4 is 23.2 Å². The maximum atomic E-state index is 11.1. The van der Waals surface area contributed by atoms with Crippen LogP contribution in [0.2, 0.25) is 5.02 Å². The molecule has 1 aromatic rings. The minimum absolute atomic E-state index is 0.373. The van der Waals surface area contributed by atoms with E-state index in [0.29, 0.717) is 28.7 Å². The topological polar surface area (TPSA) is 67.2 Å². The molecule has 2 aliphatic heterocycles. The molecule has 0 saturated carbocycles. The predicted molar refractivity (Wildman–Crippen MR) is 76.6 cm³/mol. The smallest absolute Gasteiger partial charge is 0.250 e. The van der Waals surface area contributed by atoms with Crippen LogP contribution in [0.1, 0.15) is 36.0 Å². The van der Waals surface area contributed by atoms with E-state index in [1.54, 1.807) is 12.1 Å². The van der Waals surface area contributed by atoms with Gasteiger partial charge in [-0.1, -0.05) is 11.6 Å². The Kier molecular flexibility index (Phi) is 3.37. The van der Waals surface area contributed by atoms with E-state index in [4.69, 9.17) is 17.3 Å². The number of primary amides is 1. The Labute approximate surface area is 117 Å². The minimum Gasteiger partial charge on any atom is -0.382 e. The third-order valence-corrected chi connectivity index (χ3v) is 4.39. The molecular weight excluding hydrogens is 262 g/mol. The van der Waals surface area contributed by atoms with Gasteiger partial charge in [0.25, 0.3) is 0 Å². The Hall–Kier alpha value is -1.26. The summed E-state index contributed by atoms with van der Waals surface area (Å²) in [5.74, 6) is -0.489. The number of amides is 1. The number of nitrogens with two attached hydrogens (primary N) is 1. The van der Waals surface area contributed by atoms with E-state index in [2.05, 4.69) is 10.6 Å². The predicted octanol–water partition coefficient (Wildman–Crippen LogP) is 2.13. The van der Waals surface area contributed by atoms with Crippen molar-refractivity contribution in [3.8, 4) is 0 Å². The van der Waals surface area contributed by atoms with Crippen LogP contribution >= 0.6 is 11.6 Å². The lowest BCUT2D eigenvalue weighted by molar-refractivity contribution is 0.100. The van der Waals surface area contributed by atoms with E-state index in [-0.39, 0.29) is 0 Å². The fourth-order valence-electron chi connectivity index (χ4n) is 3.22. The fourth-order valence-corrected chi connectivity index (χ4v) is 3.49. The van der Waals surface area contributed by atoms with Crippen molar-refractivity contribution in [3.05, 3.63) is 28.8 Å². The summed E-state index contributed by atoms with van der Waals surface area (Å²) in [6, 6.07) is 7.12. The van der Waals surface area contributed by atoms with E-state index in [9.17, 15) is 4.79 Å². The average molecular weight is 280 g/mol. The molecule has 2 atom stereocenters. The zero-order valence-electron chi connectivity index (χ0n) is 10.7. The Balaban J connectivity index is 1.70. The first-order chi connectivity index (χ1) is 9.11. The van der Waals surface area contributed by atoms with Gasteiger partial charge in [-0.25, -0.2) is 0 Å². The molecule has 0 radical (unpaired) electrons. The van der Waals surface area contributed by atoms with Gasteiger partial charge in [0.2, 0.25) is 5.91 Å². The molecule has 2 aliphatic rings. The first-order valence-corrected chi connectivity index (χ1v) is 7.11. The highest BCUT2D eigenvalue weighted by Crippen LogP contribution is 2.29. The highest BCUT2D eigenvalue weighted by atomic mass is 35.5. The summed E-state index contributed by atoms with van der Waals surface area (Å²) in [6.45, 7) is 0. The largest absolute Gasteiger partial charge is 0.382 e. The molecule has 4 N–H and O–H groups in total. The molecule has 2 saturated heterocycles. The molecule has 0 aliphatic carbocycles. The molecule has 2 fully saturated rings. The number of nitrogens with one attached hydrogen (secondary N) is 2. The molecule has 2 bridgehead atoms. The number of anilines is 1. The maximum Gasteiger partial charge on any atom is 0.250 e. The molecule has 0 aromatic heterocycles. The maximum absolute atomic E-state index is 11.1. The number of hydrogen-bond acceptors (Lipinski definition) is 3. The summed E-state index contributed by atoms with van der Waals surface area (Å²) in [5.41, 5.74) is 6.57. The van der Waals surface area contributed by atoms with Crippen molar-refractivity contribution in [1.29, 1.82) is 0 Å². The van der Waals surface area contributed by atoms with Crippen LogP contribution in [0.15, 0.2) is 18.2 Å². The lowest BCUT2D eigenvalue weighted by Crippen LogP contribution is -2.43. The number of rotatable bonds is 3. The van der Waals surface area contributed by atoms with Gasteiger partial charge < -0.3 is 16.4 Å². The summed E-state index contributed by atoms with van der Waals surface area (Å²) in [6.07, 6.45) is 4.85. The number of carbonyl (C=O) groups excluding carboxylic acids is 1. The van der Waals surface area contributed by atoms with Crippen LogP contribution in [-0.4, -0.2) is 24.0 Å². The van der Waals surface area contributed by atoms with E-state index in [1.807, 2.05) is 6.07 Å². The summed E-state index contributed by atoms with van der Waals surface area (Å²) in [5, 5.41) is 7.54. The summed E-state index contributed by atoms with van der Waals surface area (Å²) < 4.78 is 0. The van der Waals surface area contributed by atoms with Crippen LogP contribution in [-0.2, 0) is 0 Å². The zero-order chi connectivity index (χ0) is 13.4. The number of hydrogen-bond donors (Lipinski definition) is 3. The quantitative estimate of drug-likeness (QED) is 0.794. The van der Waals surface area contributed by atoms with Crippen molar-refractivity contribution in [1.82, 2.24) is 5.32 Å². The Morgan fingerprint density at radius 3 is 2.58 bits per heavy atom. The summed E-state index contributed by atoms with van der Waals surface area (Å²) >= 11 is 6.06. The van der Waals surface area contributed by atoms with Gasteiger partial charge in [-0.2, -0.15) is 0 Å². The molecule has 5 heteroatoms. The monoisotopic (exact) mass is 279 g/mol. The highest BCUT2D eigenvalue weighted by molar-refractivity contribution is 6.34. The lowest BCUT2D eigenvalue weighted by Gasteiger charge is -2.30. The van der Waals surface area contributed by atoms with Gasteiger partial charge in [0, 0.05) is 23.8 Å². The van der Waals surface area contributed by atoms with Crippen molar-refractivity contribution in [3.63, 3.8) is 0 Å². The summed E-state index contributed by atoms with van der Waals surface area (Å²) in [4.78, 5) is 11.1. The van der Waals surface area contributed by atoms with Crippen LogP contribution in [0.4, 0.5) is 5.69 Å². The van der Waals surface area contributed by atoms with Crippen LogP contribution in [0, 0.1) is 0 Å². The van der Waals surface area contributed by atoms with Crippen molar-refractivity contribution in [2.75, 3.05) is 5.32 Å². The fraction of sp³-hybridized carbons (Fsp3) is 0.500. The molecule has 1 aromatic carbocycles. The second-order valence-corrected chi connectivity index (χ2v) is 5.92. The van der Waals surface area contributed by atoms with Gasteiger partial charge in [-0.3, -0.25) is 4.79 Å². The van der Waals surface area contributed by atoms with Crippen molar-refractivity contribution in [2.24, 2.45) is 5.73 Å². The van der Waals surface area contributed by atoms with Crippen LogP contribution in [0.3, 0.4) is 0 Å². The van der Waals surface area contributed by atoms with Crippen molar-refractivity contribution in [2.45, 2.75) is 43.8 Å². The summed E-state index contributed by atoms with van der Waals surface area (Å²) in [7, 11) is 0. The molecule has 4 nitrogen and oxygen atoms in total. The van der Waals surface area contributed by atoms with E-state index in [0.717, 1.165) is 18.5 Å². The number of piperidine rings is 1. The SMILES string of the molecule is NC(=O)c1ccc(NC2CC3CCC(C2)N3)cc1Cl. The van der Waals surface area contributed by atoms with Crippen molar-refractivity contribution < 1.29 is 4.79 Å². The van der Waals surface area contributed by atoms with Gasteiger partial charge in [-0.15, -0.1) is 0 Å². The van der Waals surface area contributed by atoms with Gasteiger partial charge in [-0.05, 0) is 43.9 Å². The van der Waals surface area contributed by atoms with E-state index >= 15 is 0 Å². The Bertz CT molecular complexity index is 493. The lowest BCUT2D eigenvalue weighted by atomic mass is 9.99. The molecule has 19 heavy (non-hydrogen) atoms. The standard InChI is InChI=1S/C14H18ClN3O/c15-13-7-10(3-4-12(13)14(16)19)18-11-5-8-1-2-9(6-11)17-8/h3-4,7-9,11,17-18H,1-2,5-6H2,(H2,16,19). The third kappa shape index (κ3) is 2.69. The van der Waals surface area contributed by atoms with Crippen LogP contribution in [0.25, 0.3) is 0 Å². The van der Waals surface area contributed by atoms with Gasteiger partial charge in [0.1, 0.15) is 0 Å². The number of halogens is 1. The van der Waals surface area contributed by atoms with Crippen LogP contribution < -0.4 is 16.4 Å². The first kappa shape index (κ1) is 12.8. The third-order valence-electron chi connectivity index (χ3n) is 4.08. The molecule has 2 unspecified atom stereocenters. The number of carbonyl (C=O) groups is 1. The number of benzene rings is 1. The Morgan fingerprint density at radius 1 is 1.32 bits per heavy atom. The number of fused-ring (bicyclic) bond motifs is 2. The van der Waals surface area contributed by atoms with Gasteiger partial charge >= 0.3 is 0 Å². The van der Waals surface area contributed by atoms with E-state index < -0.39 is 5.91 Å². The zero-order valence-corrected chi connectivity index (χ0v) is 11.4. The normalized spacial score (nSPS) is 29.2. The Morgan fingerprint density at radius 2 is 2.00 bits per heavy atom. The molecule has 1 amide bonds. The minimum atomic E-state index is -0.489. The van der Waals surface area contributed by atoms with Crippen LogP contribution in [0.5, 0.6) is 0 Å². The second-order valence-electron chi connectivity index (χ2n) is 5.51. The molecular formula is C14H18ClN3O. The molecule has 0 spiro atoms.